The molecule has 0 radical (unpaired) electrons. The highest BCUT2D eigenvalue weighted by molar-refractivity contribution is 5.75. The van der Waals surface area contributed by atoms with Gasteiger partial charge in [-0.05, 0) is 30.9 Å². The smallest absolute Gasteiger partial charge is 0.317 e. The van der Waals surface area contributed by atoms with Gasteiger partial charge in [0.05, 0.1) is 11.0 Å². The zero-order valence-corrected chi connectivity index (χ0v) is 16.4. The van der Waals surface area contributed by atoms with Crippen molar-refractivity contribution in [3.8, 4) is 0 Å². The van der Waals surface area contributed by atoms with Crippen LogP contribution in [0.25, 0.3) is 11.0 Å². The second-order valence-electron chi connectivity index (χ2n) is 7.48. The number of rotatable bonds is 6. The minimum Gasteiger partial charge on any atom is -0.342 e. The van der Waals surface area contributed by atoms with Crippen molar-refractivity contribution in [2.75, 3.05) is 19.6 Å². The Labute approximate surface area is 165 Å². The quantitative estimate of drug-likeness (QED) is 0.690. The van der Waals surface area contributed by atoms with Crippen molar-refractivity contribution in [1.29, 1.82) is 0 Å². The summed E-state index contributed by atoms with van der Waals surface area (Å²) in [4.78, 5) is 27.0. The van der Waals surface area contributed by atoms with E-state index in [0.717, 1.165) is 68.0 Å². The molecular weight excluding hydrogens is 352 g/mol. The van der Waals surface area contributed by atoms with Gasteiger partial charge in [-0.2, -0.15) is 0 Å². The molecule has 0 aliphatic carbocycles. The Kier molecular flexibility index (Phi) is 5.60. The molecule has 148 valence electrons. The standard InChI is InChI=1S/C21H28N6O/c1-2-20-22-9-12-26(20)13-10-23-21(28)27-11-5-6-16(15-27)14-19-24-17-7-3-4-8-18(17)25-19/h3-4,7-9,12,16H,2,5-6,10-11,13-15H2,1H3,(H,23,28)(H,24,25)/t16-/m0/s1. The van der Waals surface area contributed by atoms with Gasteiger partial charge in [0.25, 0.3) is 0 Å². The van der Waals surface area contributed by atoms with Crippen molar-refractivity contribution in [3.63, 3.8) is 0 Å². The third-order valence-corrected chi connectivity index (χ3v) is 5.47. The van der Waals surface area contributed by atoms with Crippen LogP contribution in [-0.4, -0.2) is 50.1 Å². The number of H-pyrrole nitrogens is 1. The van der Waals surface area contributed by atoms with Crippen LogP contribution < -0.4 is 5.32 Å². The second-order valence-corrected chi connectivity index (χ2v) is 7.48. The number of nitrogens with one attached hydrogen (secondary N) is 2. The fraction of sp³-hybridized carbons (Fsp3) is 0.476. The normalized spacial score (nSPS) is 17.2. The molecule has 0 unspecified atom stereocenters. The molecule has 2 amide bonds. The Bertz CT molecular complexity index is 897. The number of fused-ring (bicyclic) bond motifs is 1. The highest BCUT2D eigenvalue weighted by Crippen LogP contribution is 2.21. The molecule has 0 spiro atoms. The minimum atomic E-state index is 0.0347. The number of amides is 2. The summed E-state index contributed by atoms with van der Waals surface area (Å²) >= 11 is 0. The Morgan fingerprint density at radius 2 is 2.25 bits per heavy atom. The lowest BCUT2D eigenvalue weighted by molar-refractivity contribution is 0.164. The summed E-state index contributed by atoms with van der Waals surface area (Å²) in [6.45, 7) is 5.08. The van der Waals surface area contributed by atoms with Gasteiger partial charge in [-0.25, -0.2) is 14.8 Å². The van der Waals surface area contributed by atoms with E-state index in [4.69, 9.17) is 0 Å². The largest absolute Gasteiger partial charge is 0.342 e. The number of nitrogens with zero attached hydrogens (tertiary/aromatic N) is 4. The molecule has 3 heterocycles. The average Bonchev–Trinajstić information content (AvgIpc) is 3.33. The van der Waals surface area contributed by atoms with Gasteiger partial charge in [-0.1, -0.05) is 19.1 Å². The molecule has 28 heavy (non-hydrogen) atoms. The number of carbonyl (C=O) groups excluding carboxylic acids is 1. The molecule has 2 aromatic heterocycles. The lowest BCUT2D eigenvalue weighted by Gasteiger charge is -2.32. The van der Waals surface area contributed by atoms with Crippen LogP contribution >= 0.6 is 0 Å². The summed E-state index contributed by atoms with van der Waals surface area (Å²) in [5.41, 5.74) is 2.09. The molecule has 1 aromatic carbocycles. The number of imidazole rings is 2. The zero-order chi connectivity index (χ0) is 19.3. The summed E-state index contributed by atoms with van der Waals surface area (Å²) in [5.74, 6) is 2.51. The summed E-state index contributed by atoms with van der Waals surface area (Å²) < 4.78 is 2.10. The number of piperidine rings is 1. The van der Waals surface area contributed by atoms with E-state index < -0.39 is 0 Å². The van der Waals surface area contributed by atoms with E-state index in [1.54, 1.807) is 0 Å². The van der Waals surface area contributed by atoms with Crippen LogP contribution in [-0.2, 0) is 19.4 Å². The molecule has 7 nitrogen and oxygen atoms in total. The molecule has 0 saturated carbocycles. The van der Waals surface area contributed by atoms with Crippen LogP contribution in [0.5, 0.6) is 0 Å². The first kappa shape index (κ1) is 18.5. The first-order chi connectivity index (χ1) is 13.7. The van der Waals surface area contributed by atoms with Gasteiger partial charge < -0.3 is 19.8 Å². The topological polar surface area (TPSA) is 78.8 Å². The van der Waals surface area contributed by atoms with Crippen LogP contribution in [0.15, 0.2) is 36.7 Å². The second kappa shape index (κ2) is 8.46. The molecule has 1 aliphatic rings. The van der Waals surface area contributed by atoms with Gasteiger partial charge in [-0.15, -0.1) is 0 Å². The van der Waals surface area contributed by atoms with Gasteiger partial charge >= 0.3 is 6.03 Å². The van der Waals surface area contributed by atoms with E-state index in [1.807, 2.05) is 35.5 Å². The number of aryl methyl sites for hydroxylation is 1. The van der Waals surface area contributed by atoms with Crippen molar-refractivity contribution >= 4 is 17.1 Å². The third kappa shape index (κ3) is 4.18. The van der Waals surface area contributed by atoms with Crippen LogP contribution in [0.4, 0.5) is 4.79 Å². The highest BCUT2D eigenvalue weighted by atomic mass is 16.2. The molecule has 0 bridgehead atoms. The number of aromatic nitrogens is 4. The summed E-state index contributed by atoms with van der Waals surface area (Å²) in [6, 6.07) is 8.14. The summed E-state index contributed by atoms with van der Waals surface area (Å²) in [6.07, 6.45) is 7.74. The van der Waals surface area contributed by atoms with E-state index in [0.29, 0.717) is 12.5 Å². The van der Waals surface area contributed by atoms with Crippen molar-refractivity contribution in [2.45, 2.75) is 39.2 Å². The number of likely N-dealkylation sites (tertiary alicyclic amines) is 1. The SMILES string of the molecule is CCc1nccn1CCNC(=O)N1CCC[C@@H](Cc2nc3ccccc3[nH]2)C1. The number of hydrogen-bond acceptors (Lipinski definition) is 3. The van der Waals surface area contributed by atoms with Crippen molar-refractivity contribution in [2.24, 2.45) is 5.92 Å². The molecule has 1 aliphatic heterocycles. The number of aromatic amines is 1. The van der Waals surface area contributed by atoms with Gasteiger partial charge in [-0.3, -0.25) is 0 Å². The number of benzene rings is 1. The van der Waals surface area contributed by atoms with Crippen molar-refractivity contribution < 1.29 is 4.79 Å². The van der Waals surface area contributed by atoms with Gasteiger partial charge in [0.1, 0.15) is 11.6 Å². The van der Waals surface area contributed by atoms with Gasteiger partial charge in [0.15, 0.2) is 0 Å². The predicted octanol–water partition coefficient (Wildman–Crippen LogP) is 2.99. The van der Waals surface area contributed by atoms with Gasteiger partial charge in [0.2, 0.25) is 0 Å². The lowest BCUT2D eigenvalue weighted by Crippen LogP contribution is -2.46. The number of carbonyl (C=O) groups is 1. The highest BCUT2D eigenvalue weighted by Gasteiger charge is 2.24. The van der Waals surface area contributed by atoms with Crippen molar-refractivity contribution in [3.05, 3.63) is 48.3 Å². The Morgan fingerprint density at radius 1 is 1.36 bits per heavy atom. The zero-order valence-electron chi connectivity index (χ0n) is 16.4. The number of para-hydroxylation sites is 2. The average molecular weight is 380 g/mol. The van der Waals surface area contributed by atoms with Crippen molar-refractivity contribution in [1.82, 2.24) is 29.7 Å². The van der Waals surface area contributed by atoms with E-state index in [2.05, 4.69) is 37.8 Å². The molecular formula is C21H28N6O. The number of urea groups is 1. The molecule has 1 saturated heterocycles. The van der Waals surface area contributed by atoms with Crippen LogP contribution in [0.2, 0.25) is 0 Å². The molecule has 7 heteroatoms. The van der Waals surface area contributed by atoms with E-state index in [9.17, 15) is 4.79 Å². The number of hydrogen-bond donors (Lipinski definition) is 2. The predicted molar refractivity (Wildman–Crippen MR) is 109 cm³/mol. The molecule has 1 fully saturated rings. The maximum atomic E-state index is 12.6. The van der Waals surface area contributed by atoms with Crippen LogP contribution in [0, 0.1) is 5.92 Å². The molecule has 4 rings (SSSR count). The molecule has 1 atom stereocenters. The Balaban J connectivity index is 1.28. The van der Waals surface area contributed by atoms with E-state index in [1.165, 1.54) is 0 Å². The van der Waals surface area contributed by atoms with Gasteiger partial charge in [0, 0.05) is 51.4 Å². The summed E-state index contributed by atoms with van der Waals surface area (Å²) in [5, 5.41) is 3.06. The molecule has 3 aromatic rings. The van der Waals surface area contributed by atoms with Crippen LogP contribution in [0.1, 0.15) is 31.4 Å². The fourth-order valence-electron chi connectivity index (χ4n) is 4.04. The fourth-order valence-corrected chi connectivity index (χ4v) is 4.04. The maximum Gasteiger partial charge on any atom is 0.317 e. The minimum absolute atomic E-state index is 0.0347. The van der Waals surface area contributed by atoms with E-state index in [-0.39, 0.29) is 6.03 Å². The monoisotopic (exact) mass is 380 g/mol. The first-order valence-corrected chi connectivity index (χ1v) is 10.2. The third-order valence-electron chi connectivity index (χ3n) is 5.47. The first-order valence-electron chi connectivity index (χ1n) is 10.2. The molecule has 2 N–H and O–H groups in total. The lowest BCUT2D eigenvalue weighted by atomic mass is 9.95. The van der Waals surface area contributed by atoms with Crippen LogP contribution in [0.3, 0.4) is 0 Å². The van der Waals surface area contributed by atoms with E-state index >= 15 is 0 Å². The Hall–Kier alpha value is -2.83. The summed E-state index contributed by atoms with van der Waals surface area (Å²) in [7, 11) is 0. The Morgan fingerprint density at radius 3 is 3.11 bits per heavy atom. The maximum absolute atomic E-state index is 12.6.